The predicted octanol–water partition coefficient (Wildman–Crippen LogP) is 4.87. The van der Waals surface area contributed by atoms with Crippen LogP contribution in [0.1, 0.15) is 59.5 Å². The summed E-state index contributed by atoms with van der Waals surface area (Å²) in [7, 11) is 0. The first-order valence-electron chi connectivity index (χ1n) is 13.6. The number of carbonyl (C=O) groups is 1. The van der Waals surface area contributed by atoms with Gasteiger partial charge in [0.05, 0.1) is 5.56 Å². The summed E-state index contributed by atoms with van der Waals surface area (Å²) in [4.78, 5) is 22.0. The van der Waals surface area contributed by atoms with Crippen LogP contribution in [0.25, 0.3) is 5.52 Å². The van der Waals surface area contributed by atoms with Gasteiger partial charge in [0, 0.05) is 42.7 Å². The number of amides is 1. The molecule has 0 saturated carbocycles. The van der Waals surface area contributed by atoms with Crippen molar-refractivity contribution in [1.29, 1.82) is 0 Å². The lowest BCUT2D eigenvalue weighted by molar-refractivity contribution is 0.0315. The van der Waals surface area contributed by atoms with E-state index >= 15 is 8.78 Å². The van der Waals surface area contributed by atoms with Gasteiger partial charge < -0.3 is 15.1 Å². The van der Waals surface area contributed by atoms with Crippen molar-refractivity contribution in [1.82, 2.24) is 34.6 Å². The summed E-state index contributed by atoms with van der Waals surface area (Å²) in [6.45, 7) is 5.34. The molecule has 2 N–H and O–H groups in total. The van der Waals surface area contributed by atoms with Crippen molar-refractivity contribution in [3.63, 3.8) is 0 Å². The highest BCUT2D eigenvalue weighted by atomic mass is 19.3. The maximum Gasteiger partial charge on any atom is 0.333 e. The molecule has 6 rings (SSSR count). The molecular weight excluding hydrogens is 521 g/mol. The van der Waals surface area contributed by atoms with E-state index in [1.54, 1.807) is 12.1 Å². The number of likely N-dealkylation sites (tertiary alicyclic amines) is 2. The van der Waals surface area contributed by atoms with E-state index < -0.39 is 23.1 Å². The SMILES string of the molecule is Cc1cc(Nc2nc(C(F)(F)c3ccc(F)cc3)nn3cc(C(=O)N4CCC(N5CCCCC5)CC4)cc23)n[nH]1. The van der Waals surface area contributed by atoms with Gasteiger partial charge in [-0.3, -0.25) is 9.89 Å². The van der Waals surface area contributed by atoms with Crippen LogP contribution in [0.3, 0.4) is 0 Å². The van der Waals surface area contributed by atoms with Crippen molar-refractivity contribution in [3.8, 4) is 0 Å². The molecule has 0 radical (unpaired) electrons. The molecule has 1 aromatic carbocycles. The number of hydrogen-bond donors (Lipinski definition) is 2. The Morgan fingerprint density at radius 1 is 1.05 bits per heavy atom. The zero-order valence-corrected chi connectivity index (χ0v) is 22.2. The number of benzene rings is 1. The summed E-state index contributed by atoms with van der Waals surface area (Å²) in [5.41, 5.74) is 1.01. The number of H-pyrrole nitrogens is 1. The molecule has 210 valence electrons. The number of anilines is 2. The van der Waals surface area contributed by atoms with Gasteiger partial charge in [-0.2, -0.15) is 13.9 Å². The molecule has 0 atom stereocenters. The molecule has 3 aromatic heterocycles. The Morgan fingerprint density at radius 2 is 1.77 bits per heavy atom. The normalized spacial score (nSPS) is 17.4. The first-order valence-corrected chi connectivity index (χ1v) is 13.6. The average Bonchev–Trinajstić information content (AvgIpc) is 3.59. The standard InChI is InChI=1S/C28H31F3N8O/c1-18-15-24(35-34-18)32-25-23-16-19(26(40)38-13-9-22(10-14-38)37-11-3-2-4-12-37)17-39(23)36-27(33-25)28(30,31)20-5-7-21(29)8-6-20/h5-8,15-17,22H,2-4,9-14H2,1H3,(H2,32,33,34,35,36). The number of nitrogens with one attached hydrogen (secondary N) is 2. The second-order valence-electron chi connectivity index (χ2n) is 10.6. The van der Waals surface area contributed by atoms with Crippen molar-refractivity contribution in [2.24, 2.45) is 0 Å². The Bertz CT molecular complexity index is 1500. The Labute approximate surface area is 229 Å². The quantitative estimate of drug-likeness (QED) is 0.354. The minimum Gasteiger partial charge on any atom is -0.338 e. The number of piperidine rings is 2. The van der Waals surface area contributed by atoms with Crippen LogP contribution in [0.4, 0.5) is 24.8 Å². The maximum absolute atomic E-state index is 15.5. The monoisotopic (exact) mass is 552 g/mol. The van der Waals surface area contributed by atoms with Gasteiger partial charge in [0.1, 0.15) is 11.3 Å². The zero-order valence-electron chi connectivity index (χ0n) is 22.2. The van der Waals surface area contributed by atoms with Crippen LogP contribution in [0, 0.1) is 12.7 Å². The number of carbonyl (C=O) groups excluding carboxylic acids is 1. The van der Waals surface area contributed by atoms with Gasteiger partial charge in [0.15, 0.2) is 11.6 Å². The van der Waals surface area contributed by atoms with Crippen LogP contribution >= 0.6 is 0 Å². The summed E-state index contributed by atoms with van der Waals surface area (Å²) in [6.07, 6.45) is 7.03. The van der Waals surface area contributed by atoms with Crippen molar-refractivity contribution in [3.05, 3.63) is 71.1 Å². The number of fused-ring (bicyclic) bond motifs is 1. The van der Waals surface area contributed by atoms with Gasteiger partial charge in [0.25, 0.3) is 5.91 Å². The van der Waals surface area contributed by atoms with Crippen LogP contribution in [0.15, 0.2) is 42.6 Å². The van der Waals surface area contributed by atoms with Crippen LogP contribution in [0.5, 0.6) is 0 Å². The third-order valence-corrected chi connectivity index (χ3v) is 7.81. The lowest BCUT2D eigenvalue weighted by Gasteiger charge is -2.40. The summed E-state index contributed by atoms with van der Waals surface area (Å²) >= 11 is 0. The number of alkyl halides is 2. The molecule has 2 fully saturated rings. The molecule has 0 aliphatic carbocycles. The Hall–Kier alpha value is -3.93. The Balaban J connectivity index is 1.30. The van der Waals surface area contributed by atoms with E-state index in [-0.39, 0.29) is 11.7 Å². The number of aryl methyl sites for hydroxylation is 1. The molecule has 40 heavy (non-hydrogen) atoms. The summed E-state index contributed by atoms with van der Waals surface area (Å²) in [6, 6.07) is 7.75. The molecule has 0 unspecified atom stereocenters. The van der Waals surface area contributed by atoms with Crippen molar-refractivity contribution >= 4 is 23.1 Å². The number of aromatic amines is 1. The third kappa shape index (κ3) is 5.15. The van der Waals surface area contributed by atoms with Gasteiger partial charge in [-0.15, -0.1) is 5.10 Å². The second kappa shape index (κ2) is 10.6. The molecule has 0 spiro atoms. The molecule has 4 aromatic rings. The van der Waals surface area contributed by atoms with Gasteiger partial charge in [-0.05, 0) is 76.0 Å². The highest BCUT2D eigenvalue weighted by Gasteiger charge is 2.39. The van der Waals surface area contributed by atoms with Gasteiger partial charge >= 0.3 is 5.92 Å². The molecule has 0 bridgehead atoms. The lowest BCUT2D eigenvalue weighted by Crippen LogP contribution is -2.48. The number of aromatic nitrogens is 5. The number of nitrogens with zero attached hydrogens (tertiary/aromatic N) is 6. The molecule has 1 amide bonds. The fourth-order valence-corrected chi connectivity index (χ4v) is 5.63. The number of hydrogen-bond acceptors (Lipinski definition) is 6. The number of rotatable bonds is 6. The van der Waals surface area contributed by atoms with E-state index in [9.17, 15) is 9.18 Å². The van der Waals surface area contributed by atoms with Gasteiger partial charge in [-0.1, -0.05) is 6.42 Å². The van der Waals surface area contributed by atoms with Crippen LogP contribution < -0.4 is 5.32 Å². The van der Waals surface area contributed by atoms with Gasteiger partial charge in [0.2, 0.25) is 5.82 Å². The molecule has 5 heterocycles. The van der Waals surface area contributed by atoms with Crippen LogP contribution in [0.2, 0.25) is 0 Å². The van der Waals surface area contributed by atoms with Crippen molar-refractivity contribution < 1.29 is 18.0 Å². The van der Waals surface area contributed by atoms with Crippen molar-refractivity contribution in [2.45, 2.75) is 51.0 Å². The van der Waals surface area contributed by atoms with E-state index in [4.69, 9.17) is 0 Å². The topological polar surface area (TPSA) is 94.4 Å². The molecule has 9 nitrogen and oxygen atoms in total. The summed E-state index contributed by atoms with van der Waals surface area (Å²) < 4.78 is 45.7. The third-order valence-electron chi connectivity index (χ3n) is 7.81. The molecular formula is C28H31F3N8O. The zero-order chi connectivity index (χ0) is 27.9. The largest absolute Gasteiger partial charge is 0.338 e. The minimum absolute atomic E-state index is 0.0705. The Morgan fingerprint density at radius 3 is 2.45 bits per heavy atom. The maximum atomic E-state index is 15.5. The van der Waals surface area contributed by atoms with Crippen LogP contribution in [-0.2, 0) is 5.92 Å². The molecule has 12 heteroatoms. The highest BCUT2D eigenvalue weighted by molar-refractivity contribution is 5.96. The minimum atomic E-state index is -3.62. The fraction of sp³-hybridized carbons (Fsp3) is 0.429. The molecule has 2 saturated heterocycles. The Kier molecular flexibility index (Phi) is 6.95. The predicted molar refractivity (Wildman–Crippen MR) is 143 cm³/mol. The van der Waals surface area contributed by atoms with Crippen LogP contribution in [-0.4, -0.2) is 72.7 Å². The van der Waals surface area contributed by atoms with Gasteiger partial charge in [-0.25, -0.2) is 13.9 Å². The van der Waals surface area contributed by atoms with E-state index in [0.717, 1.165) is 55.9 Å². The summed E-state index contributed by atoms with van der Waals surface area (Å²) in [5, 5.41) is 14.0. The van der Waals surface area contributed by atoms with E-state index in [1.165, 1.54) is 30.0 Å². The second-order valence-corrected chi connectivity index (χ2v) is 10.6. The van der Waals surface area contributed by atoms with E-state index in [2.05, 4.69) is 30.5 Å². The van der Waals surface area contributed by atoms with E-state index in [0.29, 0.717) is 36.0 Å². The fourth-order valence-electron chi connectivity index (χ4n) is 5.63. The first kappa shape index (κ1) is 26.3. The molecule has 2 aliphatic heterocycles. The van der Waals surface area contributed by atoms with E-state index in [1.807, 2.05) is 11.8 Å². The lowest BCUT2D eigenvalue weighted by atomic mass is 9.99. The summed E-state index contributed by atoms with van der Waals surface area (Å²) in [5.74, 6) is -4.76. The number of halogens is 3. The molecule has 2 aliphatic rings. The first-order chi connectivity index (χ1) is 19.3. The average molecular weight is 553 g/mol. The smallest absolute Gasteiger partial charge is 0.333 e. The van der Waals surface area contributed by atoms with Crippen molar-refractivity contribution in [2.75, 3.05) is 31.5 Å². The highest BCUT2D eigenvalue weighted by Crippen LogP contribution is 2.35.